The number of nitrogens with zero attached hydrogens (tertiary/aromatic N) is 4. The van der Waals surface area contributed by atoms with Gasteiger partial charge in [0.2, 0.25) is 0 Å². The Morgan fingerprint density at radius 3 is 2.69 bits per heavy atom. The van der Waals surface area contributed by atoms with Crippen molar-refractivity contribution in [3.63, 3.8) is 0 Å². The van der Waals surface area contributed by atoms with Crippen molar-refractivity contribution in [2.24, 2.45) is 5.16 Å². The van der Waals surface area contributed by atoms with Gasteiger partial charge in [-0.15, -0.1) is 0 Å². The molecule has 1 N–H and O–H groups in total. The molecule has 0 saturated carbocycles. The van der Waals surface area contributed by atoms with Crippen LogP contribution in [-0.4, -0.2) is 25.7 Å². The fraction of sp³-hybridized carbons (Fsp3) is 0.0952. The molecule has 2 aromatic heterocycles. The van der Waals surface area contributed by atoms with Crippen LogP contribution in [-0.2, 0) is 6.42 Å². The van der Waals surface area contributed by atoms with E-state index >= 15 is 0 Å². The van der Waals surface area contributed by atoms with Gasteiger partial charge in [0, 0.05) is 28.9 Å². The first-order valence-electron chi connectivity index (χ1n) is 8.58. The van der Waals surface area contributed by atoms with Crippen molar-refractivity contribution in [2.45, 2.75) is 12.8 Å². The highest BCUT2D eigenvalue weighted by atomic mass is 16.4. The molecule has 0 aliphatic heterocycles. The topological polar surface area (TPSA) is 63.3 Å². The van der Waals surface area contributed by atoms with Gasteiger partial charge in [-0.05, 0) is 36.6 Å². The van der Waals surface area contributed by atoms with E-state index in [-0.39, 0.29) is 0 Å². The number of oxime groups is 1. The number of rotatable bonds is 1. The van der Waals surface area contributed by atoms with Gasteiger partial charge in [0.1, 0.15) is 0 Å². The number of hydrogen-bond acceptors (Lipinski definition) is 4. The summed E-state index contributed by atoms with van der Waals surface area (Å²) in [5.41, 5.74) is 6.46. The first-order valence-corrected chi connectivity index (χ1v) is 8.58. The molecule has 0 radical (unpaired) electrons. The van der Waals surface area contributed by atoms with Crippen molar-refractivity contribution in [1.82, 2.24) is 14.8 Å². The molecule has 26 heavy (non-hydrogen) atoms. The van der Waals surface area contributed by atoms with Crippen molar-refractivity contribution in [2.75, 3.05) is 0 Å². The molecule has 5 heteroatoms. The van der Waals surface area contributed by atoms with E-state index in [1.807, 2.05) is 59.3 Å². The molecule has 0 bridgehead atoms. The molecule has 0 saturated heterocycles. The van der Waals surface area contributed by atoms with Crippen molar-refractivity contribution in [3.8, 4) is 16.9 Å². The number of hydrogen-bond donors (Lipinski definition) is 1. The molecule has 1 aliphatic carbocycles. The predicted molar refractivity (Wildman–Crippen MR) is 101 cm³/mol. The Bertz CT molecular complexity index is 1150. The minimum absolute atomic E-state index is 0.662. The number of aromatic nitrogens is 3. The Kier molecular flexibility index (Phi) is 3.31. The summed E-state index contributed by atoms with van der Waals surface area (Å²) in [5.74, 6) is 0. The first kappa shape index (κ1) is 14.8. The Hall–Kier alpha value is -3.47. The second-order valence-corrected chi connectivity index (χ2v) is 6.39. The molecule has 0 spiro atoms. The molecule has 0 atom stereocenters. The van der Waals surface area contributed by atoms with Crippen LogP contribution in [0.25, 0.3) is 27.8 Å². The lowest BCUT2D eigenvalue weighted by Gasteiger charge is -2.10. The zero-order chi connectivity index (χ0) is 17.5. The highest BCUT2D eigenvalue weighted by molar-refractivity contribution is 6.12. The van der Waals surface area contributed by atoms with Crippen LogP contribution in [0.3, 0.4) is 0 Å². The maximum atomic E-state index is 9.53. The lowest BCUT2D eigenvalue weighted by atomic mass is 9.97. The Labute approximate surface area is 150 Å². The van der Waals surface area contributed by atoms with Gasteiger partial charge in [0.15, 0.2) is 0 Å². The normalized spacial score (nSPS) is 14.8. The van der Waals surface area contributed by atoms with Gasteiger partial charge in [-0.25, -0.2) is 4.68 Å². The molecule has 1 aliphatic rings. The standard InChI is InChI=1S/C21H16N4O/c26-24-18-11-9-15-13-25(16-6-2-1-3-7-16)23-21(15)19-17(18)10-8-14-5-4-12-22-20(14)19/h1-8,10,12-13,26H,9,11H2/b24-18+. The average Bonchev–Trinajstić information content (AvgIpc) is 3.06. The van der Waals surface area contributed by atoms with Crippen molar-refractivity contribution in [3.05, 3.63) is 78.1 Å². The Morgan fingerprint density at radius 2 is 1.85 bits per heavy atom. The third-order valence-corrected chi connectivity index (χ3v) is 4.88. The van der Waals surface area contributed by atoms with Crippen LogP contribution < -0.4 is 0 Å². The van der Waals surface area contributed by atoms with Crippen LogP contribution in [0, 0.1) is 0 Å². The fourth-order valence-corrected chi connectivity index (χ4v) is 3.63. The summed E-state index contributed by atoms with van der Waals surface area (Å²) >= 11 is 0. The monoisotopic (exact) mass is 340 g/mol. The smallest absolute Gasteiger partial charge is 0.0988 e. The number of benzene rings is 2. The molecule has 5 nitrogen and oxygen atoms in total. The molecule has 0 fully saturated rings. The zero-order valence-corrected chi connectivity index (χ0v) is 14.0. The summed E-state index contributed by atoms with van der Waals surface area (Å²) in [6.45, 7) is 0. The second-order valence-electron chi connectivity index (χ2n) is 6.39. The second kappa shape index (κ2) is 5.81. The molecular weight excluding hydrogens is 324 g/mol. The Balaban J connectivity index is 1.83. The van der Waals surface area contributed by atoms with E-state index < -0.39 is 0 Å². The van der Waals surface area contributed by atoms with Gasteiger partial charge in [-0.2, -0.15) is 5.10 Å². The molecule has 2 aromatic carbocycles. The summed E-state index contributed by atoms with van der Waals surface area (Å²) in [5, 5.41) is 19.0. The number of aryl methyl sites for hydroxylation is 1. The zero-order valence-electron chi connectivity index (χ0n) is 14.0. The molecule has 2 heterocycles. The van der Waals surface area contributed by atoms with Gasteiger partial charge >= 0.3 is 0 Å². The first-order chi connectivity index (χ1) is 12.8. The van der Waals surface area contributed by atoms with Crippen molar-refractivity contribution >= 4 is 16.6 Å². The molecular formula is C21H16N4O. The van der Waals surface area contributed by atoms with Crippen molar-refractivity contribution < 1.29 is 5.21 Å². The maximum Gasteiger partial charge on any atom is 0.0988 e. The Morgan fingerprint density at radius 1 is 0.962 bits per heavy atom. The van der Waals surface area contributed by atoms with Gasteiger partial charge < -0.3 is 5.21 Å². The number of para-hydroxylation sites is 1. The van der Waals surface area contributed by atoms with Crippen LogP contribution in [0.1, 0.15) is 17.5 Å². The van der Waals surface area contributed by atoms with E-state index in [1.165, 1.54) is 0 Å². The van der Waals surface area contributed by atoms with Gasteiger partial charge in [0.05, 0.1) is 22.6 Å². The van der Waals surface area contributed by atoms with E-state index in [9.17, 15) is 5.21 Å². The highest BCUT2D eigenvalue weighted by Gasteiger charge is 2.25. The molecule has 5 rings (SSSR count). The molecule has 0 unspecified atom stereocenters. The van der Waals surface area contributed by atoms with Crippen molar-refractivity contribution in [1.29, 1.82) is 0 Å². The van der Waals surface area contributed by atoms with Gasteiger partial charge in [-0.1, -0.05) is 41.6 Å². The van der Waals surface area contributed by atoms with E-state index in [2.05, 4.69) is 16.3 Å². The van der Waals surface area contributed by atoms with E-state index in [0.29, 0.717) is 12.1 Å². The van der Waals surface area contributed by atoms with Crippen LogP contribution in [0.15, 0.2) is 72.1 Å². The largest absolute Gasteiger partial charge is 0.411 e. The quantitative estimate of drug-likeness (QED) is 0.417. The summed E-state index contributed by atoms with van der Waals surface area (Å²) in [6.07, 6.45) is 5.29. The molecule has 4 aromatic rings. The fourth-order valence-electron chi connectivity index (χ4n) is 3.63. The van der Waals surface area contributed by atoms with Crippen LogP contribution >= 0.6 is 0 Å². The summed E-state index contributed by atoms with van der Waals surface area (Å²) in [4.78, 5) is 4.60. The van der Waals surface area contributed by atoms with E-state index in [4.69, 9.17) is 5.10 Å². The van der Waals surface area contributed by atoms with Crippen LogP contribution in [0.2, 0.25) is 0 Å². The lowest BCUT2D eigenvalue weighted by molar-refractivity contribution is 0.318. The summed E-state index contributed by atoms with van der Waals surface area (Å²) in [6, 6.07) is 18.1. The predicted octanol–water partition coefficient (Wildman–Crippen LogP) is 4.21. The molecule has 0 amide bonds. The third-order valence-electron chi connectivity index (χ3n) is 4.88. The minimum Gasteiger partial charge on any atom is -0.411 e. The SMILES string of the molecule is O/N=C1\CCc2cn(-c3ccccc3)nc2-c2c1ccc1cccnc21. The maximum absolute atomic E-state index is 9.53. The van der Waals surface area contributed by atoms with Crippen LogP contribution in [0.4, 0.5) is 0 Å². The van der Waals surface area contributed by atoms with Gasteiger partial charge in [0.25, 0.3) is 0 Å². The van der Waals surface area contributed by atoms with E-state index in [1.54, 1.807) is 6.20 Å². The summed E-state index contributed by atoms with van der Waals surface area (Å²) in [7, 11) is 0. The number of pyridine rings is 1. The molecule has 126 valence electrons. The summed E-state index contributed by atoms with van der Waals surface area (Å²) < 4.78 is 1.91. The average molecular weight is 340 g/mol. The number of fused-ring (bicyclic) bond motifs is 5. The van der Waals surface area contributed by atoms with Crippen LogP contribution in [0.5, 0.6) is 0 Å². The third kappa shape index (κ3) is 2.21. The lowest BCUT2D eigenvalue weighted by Crippen LogP contribution is -2.04. The van der Waals surface area contributed by atoms with Gasteiger partial charge in [-0.3, -0.25) is 4.98 Å². The van der Waals surface area contributed by atoms with E-state index in [0.717, 1.165) is 45.4 Å². The minimum atomic E-state index is 0.662. The highest BCUT2D eigenvalue weighted by Crippen LogP contribution is 2.36.